The lowest BCUT2D eigenvalue weighted by atomic mass is 10.0. The van der Waals surface area contributed by atoms with E-state index in [2.05, 4.69) is 15.9 Å². The second kappa shape index (κ2) is 3.21. The predicted molar refractivity (Wildman–Crippen MR) is 55.8 cm³/mol. The molecule has 1 fully saturated rings. The van der Waals surface area contributed by atoms with Crippen LogP contribution in [0.1, 0.15) is 18.4 Å². The van der Waals surface area contributed by atoms with Crippen molar-refractivity contribution in [2.45, 2.75) is 18.4 Å². The fraction of sp³-hybridized carbons (Fsp3) is 0.400. The molecule has 14 heavy (non-hydrogen) atoms. The fourth-order valence-electron chi connectivity index (χ4n) is 1.58. The third-order valence-corrected chi connectivity index (χ3v) is 3.17. The molecule has 76 valence electrons. The number of rotatable bonds is 2. The number of ether oxygens (including phenoxy) is 1. The van der Waals surface area contributed by atoms with Gasteiger partial charge in [0.25, 0.3) is 0 Å². The Morgan fingerprint density at radius 1 is 1.50 bits per heavy atom. The van der Waals surface area contributed by atoms with Gasteiger partial charge in [-0.1, -0.05) is 0 Å². The summed E-state index contributed by atoms with van der Waals surface area (Å²) < 4.78 is 19.5. The lowest BCUT2D eigenvalue weighted by Crippen LogP contribution is -2.21. The van der Waals surface area contributed by atoms with E-state index in [1.165, 1.54) is 13.2 Å². The normalized spacial score (nSPS) is 18.0. The van der Waals surface area contributed by atoms with Gasteiger partial charge in [-0.3, -0.25) is 0 Å². The van der Waals surface area contributed by atoms with E-state index in [1.54, 1.807) is 6.07 Å². The minimum atomic E-state index is -0.515. The van der Waals surface area contributed by atoms with E-state index in [9.17, 15) is 4.39 Å². The molecule has 0 aromatic heterocycles. The molecule has 4 heteroatoms. The highest BCUT2D eigenvalue weighted by Gasteiger charge is 2.44. The zero-order chi connectivity index (χ0) is 10.3. The molecule has 0 saturated heterocycles. The average molecular weight is 260 g/mol. The van der Waals surface area contributed by atoms with Crippen molar-refractivity contribution < 1.29 is 9.13 Å². The van der Waals surface area contributed by atoms with Gasteiger partial charge >= 0.3 is 0 Å². The van der Waals surface area contributed by atoms with Crippen molar-refractivity contribution in [1.82, 2.24) is 0 Å². The van der Waals surface area contributed by atoms with Crippen molar-refractivity contribution in [2.75, 3.05) is 7.11 Å². The maximum Gasteiger partial charge on any atom is 0.141 e. The first-order valence-electron chi connectivity index (χ1n) is 4.40. The Morgan fingerprint density at radius 3 is 2.64 bits per heavy atom. The van der Waals surface area contributed by atoms with E-state index in [0.717, 1.165) is 17.3 Å². The molecular weight excluding hydrogens is 249 g/mol. The molecule has 0 aliphatic heterocycles. The Labute approximate surface area is 90.4 Å². The molecule has 1 aliphatic rings. The first-order valence-corrected chi connectivity index (χ1v) is 5.19. The third-order valence-electron chi connectivity index (χ3n) is 2.55. The van der Waals surface area contributed by atoms with Crippen LogP contribution in [0.25, 0.3) is 0 Å². The number of methoxy groups -OCH3 is 1. The largest absolute Gasteiger partial charge is 0.495 e. The van der Waals surface area contributed by atoms with Gasteiger partial charge in [0, 0.05) is 5.54 Å². The first-order chi connectivity index (χ1) is 6.58. The lowest BCUT2D eigenvalue weighted by molar-refractivity contribution is 0.394. The molecule has 0 amide bonds. The van der Waals surface area contributed by atoms with Crippen LogP contribution in [-0.4, -0.2) is 7.11 Å². The average Bonchev–Trinajstić information content (AvgIpc) is 2.88. The highest BCUT2D eigenvalue weighted by atomic mass is 79.9. The number of hydrogen-bond acceptors (Lipinski definition) is 2. The van der Waals surface area contributed by atoms with E-state index in [1.807, 2.05) is 0 Å². The van der Waals surface area contributed by atoms with Crippen LogP contribution in [0.4, 0.5) is 4.39 Å². The van der Waals surface area contributed by atoms with Gasteiger partial charge in [0.2, 0.25) is 0 Å². The van der Waals surface area contributed by atoms with Crippen LogP contribution >= 0.6 is 15.9 Å². The number of benzene rings is 1. The smallest absolute Gasteiger partial charge is 0.141 e. The van der Waals surface area contributed by atoms with Gasteiger partial charge in [0.05, 0.1) is 17.1 Å². The van der Waals surface area contributed by atoms with Crippen LogP contribution in [-0.2, 0) is 5.54 Å². The molecule has 0 atom stereocenters. The summed E-state index contributed by atoms with van der Waals surface area (Å²) >= 11 is 3.31. The van der Waals surface area contributed by atoms with E-state index in [-0.39, 0.29) is 5.82 Å². The minimum Gasteiger partial charge on any atom is -0.495 e. The third kappa shape index (κ3) is 1.42. The summed E-state index contributed by atoms with van der Waals surface area (Å²) in [6.07, 6.45) is 1.63. The zero-order valence-corrected chi connectivity index (χ0v) is 9.40. The predicted octanol–water partition coefficient (Wildman–Crippen LogP) is 2.54. The molecule has 2 rings (SSSR count). The SMILES string of the molecule is COc1c(Br)ccc(F)c1C1(N)CC1. The topological polar surface area (TPSA) is 35.2 Å². The summed E-state index contributed by atoms with van der Waals surface area (Å²) in [7, 11) is 1.52. The fourth-order valence-corrected chi connectivity index (χ4v) is 2.07. The van der Waals surface area contributed by atoms with Crippen LogP contribution < -0.4 is 10.5 Å². The second-order valence-electron chi connectivity index (χ2n) is 3.59. The molecule has 1 aliphatic carbocycles. The number of nitrogens with two attached hydrogens (primary N) is 1. The van der Waals surface area contributed by atoms with Crippen molar-refractivity contribution in [1.29, 1.82) is 0 Å². The second-order valence-corrected chi connectivity index (χ2v) is 4.45. The van der Waals surface area contributed by atoms with Crippen LogP contribution in [0.3, 0.4) is 0 Å². The summed E-state index contributed by atoms with van der Waals surface area (Å²) in [6.45, 7) is 0. The standard InChI is InChI=1S/C10H11BrFNO/c1-14-9-6(11)2-3-7(12)8(9)10(13)4-5-10/h2-3H,4-5,13H2,1H3. The van der Waals surface area contributed by atoms with Gasteiger partial charge in [-0.2, -0.15) is 0 Å². The van der Waals surface area contributed by atoms with Gasteiger partial charge < -0.3 is 10.5 Å². The van der Waals surface area contributed by atoms with Crippen molar-refractivity contribution >= 4 is 15.9 Å². The van der Waals surface area contributed by atoms with E-state index >= 15 is 0 Å². The Balaban J connectivity index is 2.60. The Morgan fingerprint density at radius 2 is 2.14 bits per heavy atom. The summed E-state index contributed by atoms with van der Waals surface area (Å²) in [5.74, 6) is 0.232. The number of halogens is 2. The summed E-state index contributed by atoms with van der Waals surface area (Å²) in [4.78, 5) is 0. The monoisotopic (exact) mass is 259 g/mol. The van der Waals surface area contributed by atoms with Crippen LogP contribution in [0, 0.1) is 5.82 Å². The van der Waals surface area contributed by atoms with Crippen molar-refractivity contribution in [2.24, 2.45) is 5.73 Å². The zero-order valence-electron chi connectivity index (χ0n) is 7.81. The highest BCUT2D eigenvalue weighted by Crippen LogP contribution is 2.49. The van der Waals surface area contributed by atoms with Crippen LogP contribution in [0.5, 0.6) is 5.75 Å². The molecule has 0 spiro atoms. The molecule has 1 saturated carbocycles. The summed E-state index contributed by atoms with van der Waals surface area (Å²) in [6, 6.07) is 3.04. The van der Waals surface area contributed by atoms with E-state index in [0.29, 0.717) is 11.3 Å². The van der Waals surface area contributed by atoms with Gasteiger partial charge in [0.1, 0.15) is 11.6 Å². The maximum absolute atomic E-state index is 13.6. The first kappa shape index (κ1) is 9.93. The van der Waals surface area contributed by atoms with Crippen molar-refractivity contribution in [3.05, 3.63) is 28.0 Å². The molecule has 0 heterocycles. The van der Waals surface area contributed by atoms with Gasteiger partial charge in [-0.05, 0) is 40.9 Å². The molecule has 0 bridgehead atoms. The van der Waals surface area contributed by atoms with Crippen molar-refractivity contribution in [3.8, 4) is 5.75 Å². The molecule has 1 aromatic carbocycles. The number of hydrogen-bond donors (Lipinski definition) is 1. The summed E-state index contributed by atoms with van der Waals surface area (Å²) in [5, 5.41) is 0. The molecule has 2 N–H and O–H groups in total. The van der Waals surface area contributed by atoms with Crippen LogP contribution in [0.2, 0.25) is 0 Å². The Bertz CT molecular complexity index is 377. The van der Waals surface area contributed by atoms with Crippen molar-refractivity contribution in [3.63, 3.8) is 0 Å². The molecule has 1 aromatic rings. The minimum absolute atomic E-state index is 0.287. The highest BCUT2D eigenvalue weighted by molar-refractivity contribution is 9.10. The van der Waals surface area contributed by atoms with E-state index in [4.69, 9.17) is 10.5 Å². The van der Waals surface area contributed by atoms with Gasteiger partial charge in [-0.15, -0.1) is 0 Å². The maximum atomic E-state index is 13.6. The Kier molecular flexibility index (Phi) is 2.27. The van der Waals surface area contributed by atoms with Gasteiger partial charge in [0.15, 0.2) is 0 Å². The molecule has 2 nitrogen and oxygen atoms in total. The van der Waals surface area contributed by atoms with Crippen LogP contribution in [0.15, 0.2) is 16.6 Å². The van der Waals surface area contributed by atoms with E-state index < -0.39 is 5.54 Å². The lowest BCUT2D eigenvalue weighted by Gasteiger charge is -2.16. The summed E-state index contributed by atoms with van der Waals surface area (Å²) in [5.41, 5.74) is 5.95. The Hall–Kier alpha value is -0.610. The van der Waals surface area contributed by atoms with Gasteiger partial charge in [-0.25, -0.2) is 4.39 Å². The molecule has 0 unspecified atom stereocenters. The molecular formula is C10H11BrFNO. The molecule has 0 radical (unpaired) electrons. The quantitative estimate of drug-likeness (QED) is 0.886.